The number of sulfone groups is 1. The molecule has 0 atom stereocenters. The summed E-state index contributed by atoms with van der Waals surface area (Å²) in [6.45, 7) is 0. The number of methoxy groups -OCH3 is 2. The lowest BCUT2D eigenvalue weighted by Gasteiger charge is -2.12. The van der Waals surface area contributed by atoms with Crippen molar-refractivity contribution in [2.45, 2.75) is 9.79 Å². The van der Waals surface area contributed by atoms with E-state index in [1.165, 1.54) is 0 Å². The van der Waals surface area contributed by atoms with E-state index in [0.29, 0.717) is 0 Å². The number of hydrogen-bond acceptors (Lipinski definition) is 10. The summed E-state index contributed by atoms with van der Waals surface area (Å²) in [6.07, 6.45) is 0. The van der Waals surface area contributed by atoms with E-state index >= 15 is 0 Å². The van der Waals surface area contributed by atoms with Gasteiger partial charge in [-0.2, -0.15) is 0 Å². The van der Waals surface area contributed by atoms with Crippen LogP contribution in [0.25, 0.3) is 0 Å². The van der Waals surface area contributed by atoms with Crippen LogP contribution in [-0.4, -0.2) is 44.6 Å². The number of esters is 2. The Kier molecular flexibility index (Phi) is 5.54. The summed E-state index contributed by atoms with van der Waals surface area (Å²) in [6, 6.07) is 4.44. The SMILES string of the molecule is COC(=O)c1ccc(O)c(S(=O)(=O)c2cc(C(=O)OC)cc([N+](=O)[O-])c2N)c1. The highest BCUT2D eigenvalue weighted by molar-refractivity contribution is 7.91. The number of benzene rings is 2. The first-order chi connectivity index (χ1) is 13.0. The molecule has 0 unspecified atom stereocenters. The maximum absolute atomic E-state index is 13.0. The van der Waals surface area contributed by atoms with Crippen LogP contribution in [0.5, 0.6) is 5.75 Å². The second kappa shape index (κ2) is 7.52. The minimum absolute atomic E-state index is 0.198. The van der Waals surface area contributed by atoms with Crippen molar-refractivity contribution in [2.24, 2.45) is 0 Å². The molecule has 12 heteroatoms. The molecule has 2 aromatic rings. The number of nitrogens with two attached hydrogens (primary N) is 1. The molecule has 2 rings (SSSR count). The van der Waals surface area contributed by atoms with Crippen LogP contribution in [0.3, 0.4) is 0 Å². The molecule has 0 radical (unpaired) electrons. The minimum Gasteiger partial charge on any atom is -0.507 e. The van der Waals surface area contributed by atoms with Gasteiger partial charge < -0.3 is 20.3 Å². The van der Waals surface area contributed by atoms with Gasteiger partial charge in [0, 0.05) is 6.07 Å². The van der Waals surface area contributed by atoms with Gasteiger partial charge in [0.2, 0.25) is 9.84 Å². The Balaban J connectivity index is 2.83. The smallest absolute Gasteiger partial charge is 0.338 e. The Morgan fingerprint density at radius 3 is 2.11 bits per heavy atom. The summed E-state index contributed by atoms with van der Waals surface area (Å²) in [7, 11) is -2.60. The molecule has 2 aromatic carbocycles. The molecule has 0 aliphatic heterocycles. The zero-order chi connectivity index (χ0) is 21.2. The van der Waals surface area contributed by atoms with Gasteiger partial charge >= 0.3 is 11.9 Å². The molecule has 0 heterocycles. The first-order valence-electron chi connectivity index (χ1n) is 7.37. The molecule has 0 fully saturated rings. The molecule has 0 aromatic heterocycles. The fourth-order valence-electron chi connectivity index (χ4n) is 2.31. The van der Waals surface area contributed by atoms with Crippen LogP contribution < -0.4 is 5.73 Å². The number of nitrogen functional groups attached to an aromatic ring is 1. The number of anilines is 1. The van der Waals surface area contributed by atoms with Gasteiger partial charge in [-0.05, 0) is 24.3 Å². The van der Waals surface area contributed by atoms with E-state index in [1.807, 2.05) is 0 Å². The van der Waals surface area contributed by atoms with Gasteiger partial charge in [0.1, 0.15) is 21.2 Å². The average Bonchev–Trinajstić information content (AvgIpc) is 2.66. The molecule has 148 valence electrons. The topological polar surface area (TPSA) is 176 Å². The zero-order valence-corrected chi connectivity index (χ0v) is 15.3. The van der Waals surface area contributed by atoms with Gasteiger partial charge in [0.25, 0.3) is 5.69 Å². The van der Waals surface area contributed by atoms with Crippen LogP contribution in [0.2, 0.25) is 0 Å². The third kappa shape index (κ3) is 3.57. The highest BCUT2D eigenvalue weighted by Crippen LogP contribution is 2.37. The van der Waals surface area contributed by atoms with Crippen molar-refractivity contribution in [2.75, 3.05) is 20.0 Å². The monoisotopic (exact) mass is 410 g/mol. The van der Waals surface area contributed by atoms with Crippen LogP contribution >= 0.6 is 0 Å². The summed E-state index contributed by atoms with van der Waals surface area (Å²) in [5, 5.41) is 21.2. The van der Waals surface area contributed by atoms with Crippen molar-refractivity contribution in [3.8, 4) is 5.75 Å². The van der Waals surface area contributed by atoms with Gasteiger partial charge in [0.05, 0.1) is 30.3 Å². The number of aromatic hydroxyl groups is 1. The van der Waals surface area contributed by atoms with Crippen LogP contribution in [0, 0.1) is 10.1 Å². The van der Waals surface area contributed by atoms with E-state index < -0.39 is 59.2 Å². The Bertz CT molecular complexity index is 1090. The van der Waals surface area contributed by atoms with Gasteiger partial charge in [-0.3, -0.25) is 10.1 Å². The third-order valence-corrected chi connectivity index (χ3v) is 5.52. The lowest BCUT2D eigenvalue weighted by molar-refractivity contribution is -0.384. The highest BCUT2D eigenvalue weighted by atomic mass is 32.2. The average molecular weight is 410 g/mol. The standard InChI is InChI=1S/C16H14N2O9S/c1-26-15(20)8-3-4-11(19)12(6-8)28(24,25)13-7-9(16(21)27-2)5-10(14(13)17)18(22)23/h3-7,19H,17H2,1-2H3. The second-order valence-electron chi connectivity index (χ2n) is 5.33. The summed E-state index contributed by atoms with van der Waals surface area (Å²) in [4.78, 5) is 32.1. The van der Waals surface area contributed by atoms with Crippen LogP contribution in [0.1, 0.15) is 20.7 Å². The van der Waals surface area contributed by atoms with E-state index in [0.717, 1.165) is 44.6 Å². The Morgan fingerprint density at radius 1 is 1.04 bits per heavy atom. The lowest BCUT2D eigenvalue weighted by atomic mass is 10.2. The summed E-state index contributed by atoms with van der Waals surface area (Å²) in [5.74, 6) is -2.65. The normalized spacial score (nSPS) is 10.9. The van der Waals surface area contributed by atoms with Crippen LogP contribution in [0.4, 0.5) is 11.4 Å². The largest absolute Gasteiger partial charge is 0.507 e. The molecular weight excluding hydrogens is 396 g/mol. The lowest BCUT2D eigenvalue weighted by Crippen LogP contribution is -2.12. The number of phenols is 1. The molecule has 0 bridgehead atoms. The first kappa shape index (κ1) is 20.6. The predicted octanol–water partition coefficient (Wildman–Crippen LogP) is 1.29. The number of nitro benzene ring substituents is 1. The summed E-state index contributed by atoms with van der Waals surface area (Å²) >= 11 is 0. The number of carbonyl (C=O) groups excluding carboxylic acids is 2. The zero-order valence-electron chi connectivity index (χ0n) is 14.5. The van der Waals surface area contributed by atoms with Gasteiger partial charge in [-0.25, -0.2) is 18.0 Å². The minimum atomic E-state index is -4.68. The molecule has 3 N–H and O–H groups in total. The van der Waals surface area contributed by atoms with Crippen molar-refractivity contribution in [1.29, 1.82) is 0 Å². The first-order valence-corrected chi connectivity index (χ1v) is 8.85. The second-order valence-corrected chi connectivity index (χ2v) is 7.22. The number of rotatable bonds is 5. The summed E-state index contributed by atoms with van der Waals surface area (Å²) < 4.78 is 35.0. The van der Waals surface area contributed by atoms with E-state index in [-0.39, 0.29) is 5.56 Å². The molecule has 0 aliphatic rings. The van der Waals surface area contributed by atoms with Crippen molar-refractivity contribution in [3.05, 3.63) is 51.6 Å². The molecule has 11 nitrogen and oxygen atoms in total. The Hall–Kier alpha value is -3.67. The maximum atomic E-state index is 13.0. The summed E-state index contributed by atoms with van der Waals surface area (Å²) in [5.41, 5.74) is 3.42. The fourth-order valence-corrected chi connectivity index (χ4v) is 3.85. The molecule has 28 heavy (non-hydrogen) atoms. The van der Waals surface area contributed by atoms with E-state index in [2.05, 4.69) is 9.47 Å². The maximum Gasteiger partial charge on any atom is 0.338 e. The van der Waals surface area contributed by atoms with Crippen molar-refractivity contribution < 1.29 is 37.5 Å². The molecular formula is C16H14N2O9S. The quantitative estimate of drug-likeness (QED) is 0.316. The highest BCUT2D eigenvalue weighted by Gasteiger charge is 2.31. The number of carbonyl (C=O) groups is 2. The van der Waals surface area contributed by atoms with E-state index in [1.54, 1.807) is 0 Å². The van der Waals surface area contributed by atoms with Crippen molar-refractivity contribution >= 4 is 33.2 Å². The van der Waals surface area contributed by atoms with Gasteiger partial charge in [0.15, 0.2) is 0 Å². The Morgan fingerprint density at radius 2 is 1.57 bits per heavy atom. The van der Waals surface area contributed by atoms with Gasteiger partial charge in [-0.1, -0.05) is 0 Å². The van der Waals surface area contributed by atoms with Crippen molar-refractivity contribution in [1.82, 2.24) is 0 Å². The molecule has 0 saturated heterocycles. The number of ether oxygens (including phenoxy) is 2. The fraction of sp³-hybridized carbons (Fsp3) is 0.125. The molecule has 0 amide bonds. The number of nitrogens with zero attached hydrogens (tertiary/aromatic N) is 1. The molecule has 0 aliphatic carbocycles. The number of hydrogen-bond donors (Lipinski definition) is 2. The predicted molar refractivity (Wildman–Crippen MR) is 93.7 cm³/mol. The van der Waals surface area contributed by atoms with Gasteiger partial charge in [-0.15, -0.1) is 0 Å². The van der Waals surface area contributed by atoms with Crippen molar-refractivity contribution in [3.63, 3.8) is 0 Å². The number of nitro groups is 1. The molecule has 0 spiro atoms. The van der Waals surface area contributed by atoms with Crippen LogP contribution in [0.15, 0.2) is 40.1 Å². The van der Waals surface area contributed by atoms with E-state index in [9.17, 15) is 33.2 Å². The number of phenolic OH excluding ortho intramolecular Hbond substituents is 1. The van der Waals surface area contributed by atoms with Crippen LogP contribution in [-0.2, 0) is 19.3 Å². The molecule has 0 saturated carbocycles. The third-order valence-electron chi connectivity index (χ3n) is 3.70. The Labute approximate surface area is 158 Å². The van der Waals surface area contributed by atoms with E-state index in [4.69, 9.17) is 5.73 Å².